The van der Waals surface area contributed by atoms with Gasteiger partial charge in [-0.1, -0.05) is 23.7 Å². The van der Waals surface area contributed by atoms with E-state index in [1.165, 1.54) is 16.8 Å². The molecule has 7 heteroatoms. The van der Waals surface area contributed by atoms with Gasteiger partial charge in [0.1, 0.15) is 0 Å². The number of aryl methyl sites for hydroxylation is 3. The maximum atomic E-state index is 12.2. The Balaban J connectivity index is 1.70. The summed E-state index contributed by atoms with van der Waals surface area (Å²) in [6.45, 7) is 5.59. The third kappa shape index (κ3) is 4.58. The van der Waals surface area contributed by atoms with Crippen molar-refractivity contribution in [3.63, 3.8) is 0 Å². The number of benzene rings is 2. The summed E-state index contributed by atoms with van der Waals surface area (Å²) < 4.78 is 6.70. The first-order valence-electron chi connectivity index (χ1n) is 8.70. The molecule has 0 aliphatic rings. The number of halogens is 1. The molecule has 0 atom stereocenters. The maximum absolute atomic E-state index is 12.2. The van der Waals surface area contributed by atoms with Crippen LogP contribution in [0.25, 0.3) is 5.69 Å². The van der Waals surface area contributed by atoms with E-state index in [1.54, 1.807) is 12.1 Å². The van der Waals surface area contributed by atoms with Crippen LogP contribution in [0.1, 0.15) is 16.7 Å². The Kier molecular flexibility index (Phi) is 5.80. The van der Waals surface area contributed by atoms with Crippen LogP contribution in [0.5, 0.6) is 5.88 Å². The van der Waals surface area contributed by atoms with E-state index >= 15 is 0 Å². The largest absolute Gasteiger partial charge is 0.467 e. The fourth-order valence-corrected chi connectivity index (χ4v) is 2.70. The van der Waals surface area contributed by atoms with Crippen molar-refractivity contribution in [1.29, 1.82) is 0 Å². The van der Waals surface area contributed by atoms with Crippen LogP contribution in [0.4, 0.5) is 5.69 Å². The molecule has 0 unspecified atom stereocenters. The Morgan fingerprint density at radius 1 is 1.04 bits per heavy atom. The summed E-state index contributed by atoms with van der Waals surface area (Å²) in [5, 5.41) is 7.48. The van der Waals surface area contributed by atoms with Gasteiger partial charge in [0.2, 0.25) is 5.88 Å². The molecule has 0 saturated carbocycles. The predicted molar refractivity (Wildman–Crippen MR) is 110 cm³/mol. The van der Waals surface area contributed by atoms with Crippen LogP contribution >= 0.6 is 11.6 Å². The third-order valence-electron chi connectivity index (χ3n) is 4.32. The van der Waals surface area contributed by atoms with Gasteiger partial charge >= 0.3 is 0 Å². The molecule has 0 fully saturated rings. The molecule has 28 heavy (non-hydrogen) atoms. The van der Waals surface area contributed by atoms with Crippen LogP contribution < -0.4 is 15.6 Å². The zero-order valence-corrected chi connectivity index (χ0v) is 16.6. The van der Waals surface area contributed by atoms with Crippen LogP contribution in [-0.4, -0.2) is 22.3 Å². The van der Waals surface area contributed by atoms with E-state index in [2.05, 4.69) is 10.4 Å². The van der Waals surface area contributed by atoms with Gasteiger partial charge in [0.25, 0.3) is 11.5 Å². The van der Waals surface area contributed by atoms with Gasteiger partial charge in [-0.15, -0.1) is 5.10 Å². The lowest BCUT2D eigenvalue weighted by atomic mass is 10.1. The second-order valence-corrected chi connectivity index (χ2v) is 6.90. The molecule has 0 spiro atoms. The molecule has 1 N–H and O–H groups in total. The van der Waals surface area contributed by atoms with Gasteiger partial charge in [-0.2, -0.15) is 4.68 Å². The Hall–Kier alpha value is -3.12. The number of hydrogen-bond acceptors (Lipinski definition) is 4. The molecule has 0 aliphatic heterocycles. The number of aromatic nitrogens is 2. The number of rotatable bonds is 5. The van der Waals surface area contributed by atoms with Gasteiger partial charge in [0.05, 0.1) is 5.69 Å². The fourth-order valence-electron chi connectivity index (χ4n) is 2.52. The number of nitrogens with one attached hydrogen (secondary N) is 1. The Morgan fingerprint density at radius 3 is 2.50 bits per heavy atom. The van der Waals surface area contributed by atoms with E-state index in [4.69, 9.17) is 16.3 Å². The van der Waals surface area contributed by atoms with Crippen molar-refractivity contribution >= 4 is 23.2 Å². The highest BCUT2D eigenvalue weighted by molar-refractivity contribution is 6.31. The van der Waals surface area contributed by atoms with Crippen LogP contribution in [-0.2, 0) is 4.79 Å². The Morgan fingerprint density at radius 2 is 1.79 bits per heavy atom. The normalized spacial score (nSPS) is 10.6. The van der Waals surface area contributed by atoms with Crippen molar-refractivity contribution < 1.29 is 9.53 Å². The zero-order valence-electron chi connectivity index (χ0n) is 15.8. The second-order valence-electron chi connectivity index (χ2n) is 6.49. The first-order valence-corrected chi connectivity index (χ1v) is 9.08. The lowest BCUT2D eigenvalue weighted by Gasteiger charge is -2.10. The molecule has 144 valence electrons. The highest BCUT2D eigenvalue weighted by Crippen LogP contribution is 2.20. The van der Waals surface area contributed by atoms with Crippen molar-refractivity contribution in [3.05, 3.63) is 80.6 Å². The molecule has 0 saturated heterocycles. The number of ether oxygens (including phenoxy) is 1. The van der Waals surface area contributed by atoms with Crippen LogP contribution in [0.3, 0.4) is 0 Å². The van der Waals surface area contributed by atoms with Crippen molar-refractivity contribution in [2.24, 2.45) is 0 Å². The highest BCUT2D eigenvalue weighted by Gasteiger charge is 2.09. The van der Waals surface area contributed by atoms with Gasteiger partial charge < -0.3 is 10.1 Å². The zero-order chi connectivity index (χ0) is 20.3. The van der Waals surface area contributed by atoms with Gasteiger partial charge in [-0.05, 0) is 61.7 Å². The minimum atomic E-state index is -0.356. The number of anilines is 1. The number of amides is 1. The highest BCUT2D eigenvalue weighted by atomic mass is 35.5. The summed E-state index contributed by atoms with van der Waals surface area (Å²) in [6.07, 6.45) is 0. The second kappa shape index (κ2) is 8.27. The molecule has 1 heterocycles. The average Bonchev–Trinajstić information content (AvgIpc) is 2.66. The van der Waals surface area contributed by atoms with E-state index in [0.717, 1.165) is 16.7 Å². The van der Waals surface area contributed by atoms with Crippen LogP contribution in [0, 0.1) is 20.8 Å². The smallest absolute Gasteiger partial charge is 0.271 e. The van der Waals surface area contributed by atoms with E-state index < -0.39 is 0 Å². The first-order chi connectivity index (χ1) is 13.3. The number of carbonyl (C=O) groups excluding carboxylic acids is 1. The van der Waals surface area contributed by atoms with E-state index in [0.29, 0.717) is 16.4 Å². The van der Waals surface area contributed by atoms with Crippen molar-refractivity contribution in [1.82, 2.24) is 9.78 Å². The van der Waals surface area contributed by atoms with Gasteiger partial charge in [-0.3, -0.25) is 9.59 Å². The maximum Gasteiger partial charge on any atom is 0.271 e. The molecule has 3 rings (SSSR count). The first kappa shape index (κ1) is 19.6. The molecule has 6 nitrogen and oxygen atoms in total. The quantitative estimate of drug-likeness (QED) is 0.710. The molecule has 0 radical (unpaired) electrons. The topological polar surface area (TPSA) is 73.2 Å². The minimum absolute atomic E-state index is 0.176. The van der Waals surface area contributed by atoms with Crippen LogP contribution in [0.2, 0.25) is 5.02 Å². The predicted octanol–water partition coefficient (Wildman–Crippen LogP) is 3.83. The fraction of sp³-hybridized carbons (Fsp3) is 0.190. The van der Waals surface area contributed by atoms with Crippen molar-refractivity contribution in [3.8, 4) is 11.6 Å². The van der Waals surface area contributed by atoms with Crippen LogP contribution in [0.15, 0.2) is 53.3 Å². The lowest BCUT2D eigenvalue weighted by molar-refractivity contribution is -0.118. The molecular formula is C21H20ClN3O3. The Bertz CT molecular complexity index is 1090. The minimum Gasteiger partial charge on any atom is -0.467 e. The van der Waals surface area contributed by atoms with E-state index in [9.17, 15) is 9.59 Å². The van der Waals surface area contributed by atoms with Gasteiger partial charge in [-0.25, -0.2) is 0 Å². The molecular weight excluding hydrogens is 378 g/mol. The number of nitrogens with zero attached hydrogens (tertiary/aromatic N) is 2. The summed E-state index contributed by atoms with van der Waals surface area (Å²) in [5.74, 6) is -0.180. The number of carbonyl (C=O) groups is 1. The average molecular weight is 398 g/mol. The SMILES string of the molecule is Cc1ccc(-n2nc(OCC(=O)Nc3ccc(C)c(Cl)c3)ccc2=O)cc1C. The number of hydrogen-bond donors (Lipinski definition) is 1. The third-order valence-corrected chi connectivity index (χ3v) is 4.72. The summed E-state index contributed by atoms with van der Waals surface area (Å²) in [6, 6.07) is 13.7. The molecule has 2 aromatic carbocycles. The molecule has 0 aliphatic carbocycles. The monoisotopic (exact) mass is 397 g/mol. The Labute approximate surface area is 167 Å². The molecule has 1 aromatic heterocycles. The summed E-state index contributed by atoms with van der Waals surface area (Å²) in [7, 11) is 0. The molecule has 3 aromatic rings. The lowest BCUT2D eigenvalue weighted by Crippen LogP contribution is -2.24. The summed E-state index contributed by atoms with van der Waals surface area (Å²) >= 11 is 6.06. The van der Waals surface area contributed by atoms with Crippen molar-refractivity contribution in [2.75, 3.05) is 11.9 Å². The van der Waals surface area contributed by atoms with E-state index in [1.807, 2.05) is 45.0 Å². The standard InChI is InChI=1S/C21H20ClN3O3/c1-13-5-7-17(10-15(13)3)25-21(27)9-8-20(24-25)28-12-19(26)23-16-6-4-14(2)18(22)11-16/h4-11H,12H2,1-3H3,(H,23,26). The summed E-state index contributed by atoms with van der Waals surface area (Å²) in [5.41, 5.74) is 4.03. The molecule has 1 amide bonds. The summed E-state index contributed by atoms with van der Waals surface area (Å²) in [4.78, 5) is 24.3. The van der Waals surface area contributed by atoms with Gasteiger partial charge in [0, 0.05) is 22.8 Å². The van der Waals surface area contributed by atoms with Gasteiger partial charge in [0.15, 0.2) is 6.61 Å². The van der Waals surface area contributed by atoms with Crippen molar-refractivity contribution in [2.45, 2.75) is 20.8 Å². The van der Waals surface area contributed by atoms with E-state index in [-0.39, 0.29) is 24.0 Å². The molecule has 0 bridgehead atoms.